The zero-order valence-corrected chi connectivity index (χ0v) is 11.5. The topological polar surface area (TPSA) is 63.3 Å². The largest absolute Gasteiger partial charge is 0.507 e. The molecule has 0 saturated carbocycles. The van der Waals surface area contributed by atoms with Gasteiger partial charge in [-0.3, -0.25) is 4.79 Å². The normalized spacial score (nSPS) is 10.5. The van der Waals surface area contributed by atoms with Crippen LogP contribution in [-0.2, 0) is 0 Å². The highest BCUT2D eigenvalue weighted by molar-refractivity contribution is 6.33. The third-order valence-electron chi connectivity index (χ3n) is 3.06. The van der Waals surface area contributed by atoms with Gasteiger partial charge >= 0.3 is 0 Å². The molecule has 0 unspecified atom stereocenters. The first-order valence-corrected chi connectivity index (χ1v) is 6.18. The second kappa shape index (κ2) is 4.94. The van der Waals surface area contributed by atoms with Gasteiger partial charge in [0.1, 0.15) is 5.75 Å². The Kier molecular flexibility index (Phi) is 3.49. The smallest absolute Gasteiger partial charge is 0.197 e. The van der Waals surface area contributed by atoms with Gasteiger partial charge in [0.15, 0.2) is 5.78 Å². The molecule has 2 aromatic carbocycles. The zero-order valence-electron chi connectivity index (χ0n) is 10.7. The Balaban J connectivity index is 2.56. The fraction of sp³-hybridized carbons (Fsp3) is 0.133. The Hall–Kier alpha value is -2.00. The summed E-state index contributed by atoms with van der Waals surface area (Å²) in [5.74, 6) is -0.321. The van der Waals surface area contributed by atoms with E-state index in [0.29, 0.717) is 21.8 Å². The Bertz CT molecular complexity index is 648. The maximum absolute atomic E-state index is 12.4. The minimum atomic E-state index is -0.267. The van der Waals surface area contributed by atoms with Crippen LogP contribution in [0.1, 0.15) is 27.0 Å². The van der Waals surface area contributed by atoms with Gasteiger partial charge in [-0.15, -0.1) is 0 Å². The van der Waals surface area contributed by atoms with Crippen molar-refractivity contribution >= 4 is 23.1 Å². The van der Waals surface area contributed by atoms with Gasteiger partial charge in [-0.2, -0.15) is 0 Å². The molecule has 0 aliphatic carbocycles. The molecule has 0 aliphatic heterocycles. The summed E-state index contributed by atoms with van der Waals surface area (Å²) in [5, 5.41) is 10.5. The molecule has 98 valence electrons. The van der Waals surface area contributed by atoms with Gasteiger partial charge in [0.05, 0.1) is 5.56 Å². The molecule has 0 radical (unpaired) electrons. The van der Waals surface area contributed by atoms with Crippen LogP contribution in [0.5, 0.6) is 5.75 Å². The molecule has 0 atom stereocenters. The van der Waals surface area contributed by atoms with Crippen LogP contribution in [0.3, 0.4) is 0 Å². The van der Waals surface area contributed by atoms with Crippen molar-refractivity contribution < 1.29 is 9.90 Å². The molecule has 2 aromatic rings. The zero-order chi connectivity index (χ0) is 14.2. The maximum Gasteiger partial charge on any atom is 0.197 e. The predicted molar refractivity (Wildman–Crippen MR) is 76.9 cm³/mol. The van der Waals surface area contributed by atoms with E-state index in [9.17, 15) is 9.90 Å². The molecule has 0 amide bonds. The molecule has 0 aliphatic rings. The van der Waals surface area contributed by atoms with Crippen molar-refractivity contribution in [3.05, 3.63) is 57.6 Å². The van der Waals surface area contributed by atoms with E-state index in [4.69, 9.17) is 17.3 Å². The van der Waals surface area contributed by atoms with E-state index in [1.807, 2.05) is 0 Å². The van der Waals surface area contributed by atoms with E-state index in [1.54, 1.807) is 38.1 Å². The lowest BCUT2D eigenvalue weighted by Gasteiger charge is -2.11. The third-order valence-corrected chi connectivity index (χ3v) is 3.64. The van der Waals surface area contributed by atoms with E-state index < -0.39 is 0 Å². The number of phenols is 1. The lowest BCUT2D eigenvalue weighted by atomic mass is 9.96. The average molecular weight is 276 g/mol. The summed E-state index contributed by atoms with van der Waals surface area (Å²) in [5.41, 5.74) is 8.20. The number of benzene rings is 2. The fourth-order valence-corrected chi connectivity index (χ4v) is 2.15. The number of nitrogen functional groups attached to an aromatic ring is 1. The van der Waals surface area contributed by atoms with E-state index in [2.05, 4.69) is 0 Å². The lowest BCUT2D eigenvalue weighted by molar-refractivity contribution is 0.103. The number of halogens is 1. The molecular weight excluding hydrogens is 262 g/mol. The number of hydrogen-bond donors (Lipinski definition) is 2. The summed E-state index contributed by atoms with van der Waals surface area (Å²) in [6, 6.07) is 8.05. The highest BCUT2D eigenvalue weighted by atomic mass is 35.5. The van der Waals surface area contributed by atoms with Gasteiger partial charge < -0.3 is 10.8 Å². The summed E-state index contributed by atoms with van der Waals surface area (Å²) < 4.78 is 0. The summed E-state index contributed by atoms with van der Waals surface area (Å²) >= 11 is 6.13. The standard InChI is InChI=1S/C15H14ClNO2/c1-8-7-12(18)13(9(2)14(8)16)15(19)10-3-5-11(17)6-4-10/h3-7,18H,17H2,1-2H3. The SMILES string of the molecule is Cc1cc(O)c(C(=O)c2ccc(N)cc2)c(C)c1Cl. The molecule has 3 nitrogen and oxygen atoms in total. The van der Waals surface area contributed by atoms with Gasteiger partial charge in [0, 0.05) is 16.3 Å². The van der Waals surface area contributed by atoms with E-state index >= 15 is 0 Å². The first kappa shape index (κ1) is 13.4. The lowest BCUT2D eigenvalue weighted by Crippen LogP contribution is -2.05. The number of aromatic hydroxyl groups is 1. The number of carbonyl (C=O) groups is 1. The summed E-state index contributed by atoms with van der Waals surface area (Å²) in [7, 11) is 0. The molecule has 0 aromatic heterocycles. The quantitative estimate of drug-likeness (QED) is 0.651. The highest BCUT2D eigenvalue weighted by Crippen LogP contribution is 2.32. The van der Waals surface area contributed by atoms with Gasteiger partial charge in [0.2, 0.25) is 0 Å². The van der Waals surface area contributed by atoms with Gasteiger partial charge in [-0.05, 0) is 55.3 Å². The van der Waals surface area contributed by atoms with Crippen molar-refractivity contribution in [2.24, 2.45) is 0 Å². The van der Waals surface area contributed by atoms with Crippen molar-refractivity contribution in [1.29, 1.82) is 0 Å². The van der Waals surface area contributed by atoms with Crippen LogP contribution >= 0.6 is 11.6 Å². The number of carbonyl (C=O) groups excluding carboxylic acids is 1. The highest BCUT2D eigenvalue weighted by Gasteiger charge is 2.19. The van der Waals surface area contributed by atoms with Crippen LogP contribution in [0.2, 0.25) is 5.02 Å². The minimum absolute atomic E-state index is 0.0544. The number of hydrogen-bond acceptors (Lipinski definition) is 3. The van der Waals surface area contributed by atoms with Crippen LogP contribution < -0.4 is 5.73 Å². The second-order valence-electron chi connectivity index (χ2n) is 4.48. The van der Waals surface area contributed by atoms with Gasteiger partial charge in [0.25, 0.3) is 0 Å². The first-order valence-electron chi connectivity index (χ1n) is 5.80. The fourth-order valence-electron chi connectivity index (χ4n) is 2.00. The van der Waals surface area contributed by atoms with Crippen molar-refractivity contribution in [2.75, 3.05) is 5.73 Å². The van der Waals surface area contributed by atoms with Crippen molar-refractivity contribution in [3.63, 3.8) is 0 Å². The third kappa shape index (κ3) is 2.42. The molecule has 3 N–H and O–H groups in total. The van der Waals surface area contributed by atoms with Gasteiger partial charge in [-0.25, -0.2) is 0 Å². The maximum atomic E-state index is 12.4. The average Bonchev–Trinajstić information content (AvgIpc) is 2.37. The number of phenolic OH excluding ortho intramolecular Hbond substituents is 1. The second-order valence-corrected chi connectivity index (χ2v) is 4.86. The molecule has 0 heterocycles. The van der Waals surface area contributed by atoms with E-state index in [0.717, 1.165) is 5.56 Å². The van der Waals surface area contributed by atoms with Crippen molar-refractivity contribution in [2.45, 2.75) is 13.8 Å². The number of ketones is 1. The molecule has 19 heavy (non-hydrogen) atoms. The van der Waals surface area contributed by atoms with E-state index in [1.165, 1.54) is 6.07 Å². The minimum Gasteiger partial charge on any atom is -0.507 e. The Labute approximate surface area is 116 Å². The van der Waals surface area contributed by atoms with E-state index in [-0.39, 0.29) is 17.1 Å². The predicted octanol–water partition coefficient (Wildman–Crippen LogP) is 3.48. The molecule has 0 spiro atoms. The van der Waals surface area contributed by atoms with Crippen LogP contribution in [0.15, 0.2) is 30.3 Å². The van der Waals surface area contributed by atoms with Crippen LogP contribution in [-0.4, -0.2) is 10.9 Å². The Morgan fingerprint density at radius 3 is 2.37 bits per heavy atom. The molecule has 0 bridgehead atoms. The summed E-state index contributed by atoms with van der Waals surface area (Å²) in [6.07, 6.45) is 0. The molecule has 0 fully saturated rings. The monoisotopic (exact) mass is 275 g/mol. The summed E-state index contributed by atoms with van der Waals surface area (Å²) in [4.78, 5) is 12.4. The van der Waals surface area contributed by atoms with Crippen LogP contribution in [0.4, 0.5) is 5.69 Å². The molecule has 0 saturated heterocycles. The van der Waals surface area contributed by atoms with Gasteiger partial charge in [-0.1, -0.05) is 11.6 Å². The molecule has 2 rings (SSSR count). The van der Waals surface area contributed by atoms with Crippen LogP contribution in [0.25, 0.3) is 0 Å². The molecule has 4 heteroatoms. The summed E-state index contributed by atoms with van der Waals surface area (Å²) in [6.45, 7) is 3.51. The number of aryl methyl sites for hydroxylation is 1. The van der Waals surface area contributed by atoms with Crippen LogP contribution in [0, 0.1) is 13.8 Å². The first-order chi connectivity index (χ1) is 8.91. The van der Waals surface area contributed by atoms with Crippen molar-refractivity contribution in [3.8, 4) is 5.75 Å². The Morgan fingerprint density at radius 2 is 1.79 bits per heavy atom. The molecular formula is C15H14ClNO2. The number of nitrogens with two attached hydrogens (primary N) is 1. The number of anilines is 1. The van der Waals surface area contributed by atoms with Crippen molar-refractivity contribution in [1.82, 2.24) is 0 Å². The number of rotatable bonds is 2. The Morgan fingerprint density at radius 1 is 1.21 bits per heavy atom.